The van der Waals surface area contributed by atoms with Gasteiger partial charge in [0.25, 0.3) is 11.8 Å². The van der Waals surface area contributed by atoms with E-state index in [4.69, 9.17) is 9.47 Å². The highest BCUT2D eigenvalue weighted by atomic mass is 16.5. The highest BCUT2D eigenvalue weighted by Crippen LogP contribution is 2.36. The minimum atomic E-state index is -0.393. The van der Waals surface area contributed by atoms with Crippen molar-refractivity contribution >= 4 is 23.1 Å². The van der Waals surface area contributed by atoms with Crippen LogP contribution in [-0.2, 0) is 16.1 Å². The van der Waals surface area contributed by atoms with Crippen molar-refractivity contribution in [1.82, 2.24) is 9.88 Å². The van der Waals surface area contributed by atoms with Gasteiger partial charge >= 0.3 is 0 Å². The van der Waals surface area contributed by atoms with E-state index in [1.54, 1.807) is 49.8 Å². The van der Waals surface area contributed by atoms with Crippen molar-refractivity contribution < 1.29 is 19.1 Å². The molecule has 0 radical (unpaired) electrons. The second kappa shape index (κ2) is 8.71. The molecule has 7 heteroatoms. The molecule has 0 saturated carbocycles. The van der Waals surface area contributed by atoms with E-state index < -0.39 is 5.91 Å². The zero-order valence-electron chi connectivity index (χ0n) is 17.2. The largest absolute Gasteiger partial charge is 0.493 e. The lowest BCUT2D eigenvalue weighted by Crippen LogP contribution is -2.32. The average Bonchev–Trinajstić information content (AvgIpc) is 3.04. The number of ether oxygens (including phenoxy) is 2. The Bertz CT molecular complexity index is 1140. The molecule has 156 valence electrons. The van der Waals surface area contributed by atoms with Crippen LogP contribution in [0.15, 0.2) is 78.8 Å². The van der Waals surface area contributed by atoms with Crippen LogP contribution >= 0.6 is 0 Å². The molecule has 2 heterocycles. The van der Waals surface area contributed by atoms with Gasteiger partial charge in [-0.3, -0.25) is 19.5 Å². The van der Waals surface area contributed by atoms with Gasteiger partial charge in [0.15, 0.2) is 11.5 Å². The monoisotopic (exact) mass is 415 g/mol. The van der Waals surface area contributed by atoms with Gasteiger partial charge in [-0.1, -0.05) is 24.3 Å². The number of hydrogen-bond acceptors (Lipinski definition) is 6. The normalized spacial score (nSPS) is 13.5. The number of aromatic nitrogens is 1. The van der Waals surface area contributed by atoms with E-state index >= 15 is 0 Å². The van der Waals surface area contributed by atoms with Gasteiger partial charge in [-0.2, -0.15) is 0 Å². The van der Waals surface area contributed by atoms with Crippen molar-refractivity contribution in [2.45, 2.75) is 6.54 Å². The van der Waals surface area contributed by atoms with E-state index in [-0.39, 0.29) is 23.7 Å². The standard InChI is InChI=1S/C24H21N3O4/c1-30-19-9-8-17(14-20(19)31-2)21-22(26-18-6-4-3-5-7-18)24(29)27(23(21)28)15-16-10-12-25-13-11-16/h3-14,26H,15H2,1-2H3. The Balaban J connectivity index is 1.78. The van der Waals surface area contributed by atoms with Crippen LogP contribution in [0.1, 0.15) is 11.1 Å². The Morgan fingerprint density at radius 2 is 1.58 bits per heavy atom. The predicted molar refractivity (Wildman–Crippen MR) is 116 cm³/mol. The number of imide groups is 1. The number of nitrogens with one attached hydrogen (secondary N) is 1. The average molecular weight is 415 g/mol. The number of amides is 2. The topological polar surface area (TPSA) is 80.8 Å². The first-order valence-corrected chi connectivity index (χ1v) is 9.66. The van der Waals surface area contributed by atoms with Crippen LogP contribution < -0.4 is 14.8 Å². The third-order valence-electron chi connectivity index (χ3n) is 4.97. The Labute approximate surface area is 179 Å². The van der Waals surface area contributed by atoms with Gasteiger partial charge in [-0.15, -0.1) is 0 Å². The van der Waals surface area contributed by atoms with E-state index in [1.807, 2.05) is 30.3 Å². The van der Waals surface area contributed by atoms with E-state index in [0.29, 0.717) is 22.7 Å². The molecule has 0 unspecified atom stereocenters. The van der Waals surface area contributed by atoms with E-state index in [2.05, 4.69) is 10.3 Å². The van der Waals surface area contributed by atoms with Crippen LogP contribution in [-0.4, -0.2) is 35.9 Å². The van der Waals surface area contributed by atoms with Crippen LogP contribution in [0.5, 0.6) is 11.5 Å². The van der Waals surface area contributed by atoms with Crippen molar-refractivity contribution in [2.75, 3.05) is 19.5 Å². The molecule has 31 heavy (non-hydrogen) atoms. The number of para-hydroxylation sites is 1. The fraction of sp³-hybridized carbons (Fsp3) is 0.125. The number of carbonyl (C=O) groups is 2. The number of nitrogens with zero attached hydrogens (tertiary/aromatic N) is 2. The molecule has 1 aliphatic rings. The molecule has 0 fully saturated rings. The third kappa shape index (κ3) is 3.98. The quantitative estimate of drug-likeness (QED) is 0.595. The smallest absolute Gasteiger partial charge is 0.278 e. The highest BCUT2D eigenvalue weighted by Gasteiger charge is 2.39. The van der Waals surface area contributed by atoms with Crippen molar-refractivity contribution in [3.8, 4) is 11.5 Å². The lowest BCUT2D eigenvalue weighted by molar-refractivity contribution is -0.137. The zero-order valence-corrected chi connectivity index (χ0v) is 17.2. The van der Waals surface area contributed by atoms with Crippen molar-refractivity contribution in [3.05, 3.63) is 89.9 Å². The van der Waals surface area contributed by atoms with E-state index in [9.17, 15) is 9.59 Å². The molecule has 1 aliphatic heterocycles. The lowest BCUT2D eigenvalue weighted by atomic mass is 10.0. The number of benzene rings is 2. The Kier molecular flexibility index (Phi) is 5.66. The zero-order chi connectivity index (χ0) is 21.8. The van der Waals surface area contributed by atoms with Crippen LogP contribution in [0, 0.1) is 0 Å². The summed E-state index contributed by atoms with van der Waals surface area (Å²) in [6.07, 6.45) is 3.26. The molecule has 2 amide bonds. The molecular weight excluding hydrogens is 394 g/mol. The lowest BCUT2D eigenvalue weighted by Gasteiger charge is -2.15. The minimum absolute atomic E-state index is 0.150. The highest BCUT2D eigenvalue weighted by molar-refractivity contribution is 6.36. The van der Waals surface area contributed by atoms with Crippen LogP contribution in [0.2, 0.25) is 0 Å². The molecule has 3 aromatic rings. The van der Waals surface area contributed by atoms with Gasteiger partial charge in [-0.25, -0.2) is 0 Å². The first-order chi connectivity index (χ1) is 15.1. The minimum Gasteiger partial charge on any atom is -0.493 e. The van der Waals surface area contributed by atoms with E-state index in [1.165, 1.54) is 12.0 Å². The van der Waals surface area contributed by atoms with Gasteiger partial charge in [0.2, 0.25) is 0 Å². The maximum atomic E-state index is 13.4. The molecule has 0 aliphatic carbocycles. The summed E-state index contributed by atoms with van der Waals surface area (Å²) in [5, 5.41) is 3.13. The van der Waals surface area contributed by atoms with E-state index in [0.717, 1.165) is 5.56 Å². The number of anilines is 1. The summed E-state index contributed by atoms with van der Waals surface area (Å²) < 4.78 is 10.7. The van der Waals surface area contributed by atoms with Gasteiger partial charge < -0.3 is 14.8 Å². The van der Waals surface area contributed by atoms with Crippen LogP contribution in [0.4, 0.5) is 5.69 Å². The first kappa shape index (κ1) is 20.2. The molecule has 0 atom stereocenters. The summed E-state index contributed by atoms with van der Waals surface area (Å²) in [6, 6.07) is 18.0. The molecular formula is C24H21N3O4. The molecule has 7 nitrogen and oxygen atoms in total. The summed E-state index contributed by atoms with van der Waals surface area (Å²) in [6.45, 7) is 0.150. The van der Waals surface area contributed by atoms with Crippen LogP contribution in [0.3, 0.4) is 0 Å². The number of methoxy groups -OCH3 is 2. The third-order valence-corrected chi connectivity index (χ3v) is 4.97. The first-order valence-electron chi connectivity index (χ1n) is 9.66. The van der Waals surface area contributed by atoms with Gasteiger partial charge in [-0.05, 0) is 47.5 Å². The molecule has 4 rings (SSSR count). The number of carbonyl (C=O) groups excluding carboxylic acids is 2. The molecule has 0 bridgehead atoms. The maximum Gasteiger partial charge on any atom is 0.278 e. The molecule has 0 saturated heterocycles. The van der Waals surface area contributed by atoms with Gasteiger partial charge in [0.05, 0.1) is 26.3 Å². The van der Waals surface area contributed by atoms with Crippen molar-refractivity contribution in [1.29, 1.82) is 0 Å². The summed E-state index contributed by atoms with van der Waals surface area (Å²) in [5.74, 6) is 0.233. The summed E-state index contributed by atoms with van der Waals surface area (Å²) in [7, 11) is 3.07. The molecule has 1 aromatic heterocycles. The molecule has 1 N–H and O–H groups in total. The summed E-state index contributed by atoms with van der Waals surface area (Å²) in [4.78, 5) is 31.9. The number of hydrogen-bond donors (Lipinski definition) is 1. The SMILES string of the molecule is COc1ccc(C2=C(Nc3ccccc3)C(=O)N(Cc3ccncc3)C2=O)cc1OC. The van der Waals surface area contributed by atoms with Crippen molar-refractivity contribution in [3.63, 3.8) is 0 Å². The number of pyridine rings is 1. The predicted octanol–water partition coefficient (Wildman–Crippen LogP) is 3.49. The second-order valence-corrected chi connectivity index (χ2v) is 6.86. The Morgan fingerprint density at radius 3 is 2.26 bits per heavy atom. The Hall–Kier alpha value is -4.13. The number of rotatable bonds is 7. The van der Waals surface area contributed by atoms with Crippen LogP contribution in [0.25, 0.3) is 5.57 Å². The fourth-order valence-corrected chi connectivity index (χ4v) is 3.43. The summed E-state index contributed by atoms with van der Waals surface area (Å²) >= 11 is 0. The maximum absolute atomic E-state index is 13.4. The summed E-state index contributed by atoms with van der Waals surface area (Å²) in [5.41, 5.74) is 2.58. The van der Waals surface area contributed by atoms with Gasteiger partial charge in [0, 0.05) is 18.1 Å². The molecule has 0 spiro atoms. The van der Waals surface area contributed by atoms with Gasteiger partial charge in [0.1, 0.15) is 5.70 Å². The second-order valence-electron chi connectivity index (χ2n) is 6.86. The fourth-order valence-electron chi connectivity index (χ4n) is 3.43. The van der Waals surface area contributed by atoms with Crippen molar-refractivity contribution in [2.24, 2.45) is 0 Å². The Morgan fingerprint density at radius 1 is 0.871 bits per heavy atom. The molecule has 2 aromatic carbocycles.